The summed E-state index contributed by atoms with van der Waals surface area (Å²) in [6, 6.07) is 16.6. The molecular weight excluding hydrogens is 372 g/mol. The number of nitrogens with zero attached hydrogens (tertiary/aromatic N) is 2. The fourth-order valence-electron chi connectivity index (χ4n) is 2.83. The molecule has 3 aromatic rings. The van der Waals surface area contributed by atoms with E-state index < -0.39 is 10.0 Å². The van der Waals surface area contributed by atoms with Gasteiger partial charge < -0.3 is 10.2 Å². The highest BCUT2D eigenvalue weighted by Gasteiger charge is 2.17. The van der Waals surface area contributed by atoms with Crippen LogP contribution in [0.1, 0.15) is 11.1 Å². The molecule has 0 spiro atoms. The molecule has 3 rings (SSSR count). The fourth-order valence-corrected chi connectivity index (χ4v) is 4.07. The first-order valence-electron chi connectivity index (χ1n) is 8.85. The maximum absolute atomic E-state index is 12.6. The van der Waals surface area contributed by atoms with Gasteiger partial charge in [-0.05, 0) is 61.9 Å². The van der Waals surface area contributed by atoms with Crippen molar-refractivity contribution in [2.24, 2.45) is 0 Å². The largest absolute Gasteiger partial charge is 0.378 e. The second-order valence-electron chi connectivity index (χ2n) is 6.87. The summed E-state index contributed by atoms with van der Waals surface area (Å²) in [4.78, 5) is 6.50. The average molecular weight is 397 g/mol. The molecule has 1 heterocycles. The van der Waals surface area contributed by atoms with Gasteiger partial charge in [0.15, 0.2) is 0 Å². The Hall–Kier alpha value is -3.06. The molecule has 0 unspecified atom stereocenters. The molecule has 0 saturated carbocycles. The van der Waals surface area contributed by atoms with E-state index in [1.807, 2.05) is 56.3 Å². The van der Waals surface area contributed by atoms with Gasteiger partial charge in [-0.2, -0.15) is 0 Å². The summed E-state index contributed by atoms with van der Waals surface area (Å²) in [6.07, 6.45) is 1.60. The van der Waals surface area contributed by atoms with Crippen LogP contribution < -0.4 is 14.9 Å². The third-order valence-electron chi connectivity index (χ3n) is 4.29. The Morgan fingerprint density at radius 3 is 2.14 bits per heavy atom. The van der Waals surface area contributed by atoms with Crippen molar-refractivity contribution >= 4 is 32.9 Å². The lowest BCUT2D eigenvalue weighted by molar-refractivity contribution is 0.600. The molecular formula is C21H24N4O2S. The summed E-state index contributed by atoms with van der Waals surface area (Å²) in [7, 11) is 0.298. The van der Waals surface area contributed by atoms with E-state index in [0.717, 1.165) is 22.6 Å². The van der Waals surface area contributed by atoms with Gasteiger partial charge in [0.1, 0.15) is 5.82 Å². The molecule has 0 aliphatic heterocycles. The van der Waals surface area contributed by atoms with Crippen molar-refractivity contribution in [1.82, 2.24) is 4.98 Å². The molecule has 0 fully saturated rings. The van der Waals surface area contributed by atoms with Gasteiger partial charge in [-0.15, -0.1) is 0 Å². The van der Waals surface area contributed by atoms with Gasteiger partial charge in [-0.25, -0.2) is 13.4 Å². The molecule has 28 heavy (non-hydrogen) atoms. The highest BCUT2D eigenvalue weighted by molar-refractivity contribution is 7.92. The van der Waals surface area contributed by atoms with Crippen molar-refractivity contribution in [1.29, 1.82) is 0 Å². The number of sulfonamides is 1. The highest BCUT2D eigenvalue weighted by atomic mass is 32.2. The van der Waals surface area contributed by atoms with Crippen molar-refractivity contribution in [3.05, 3.63) is 71.9 Å². The van der Waals surface area contributed by atoms with Crippen molar-refractivity contribution in [2.45, 2.75) is 18.7 Å². The van der Waals surface area contributed by atoms with Gasteiger partial charge in [0.2, 0.25) is 0 Å². The summed E-state index contributed by atoms with van der Waals surface area (Å²) >= 11 is 0. The number of hydrogen-bond donors (Lipinski definition) is 2. The molecule has 7 heteroatoms. The predicted molar refractivity (Wildman–Crippen MR) is 115 cm³/mol. The van der Waals surface area contributed by atoms with Crippen molar-refractivity contribution in [3.63, 3.8) is 0 Å². The fraction of sp³-hybridized carbons (Fsp3) is 0.190. The molecule has 2 aromatic carbocycles. The van der Waals surface area contributed by atoms with E-state index in [2.05, 4.69) is 15.0 Å². The van der Waals surface area contributed by atoms with Crippen LogP contribution in [0, 0.1) is 13.8 Å². The number of pyridine rings is 1. The van der Waals surface area contributed by atoms with Crippen LogP contribution in [0.5, 0.6) is 0 Å². The Morgan fingerprint density at radius 2 is 1.57 bits per heavy atom. The molecule has 0 atom stereocenters. The number of anilines is 4. The van der Waals surface area contributed by atoms with Gasteiger partial charge in [0, 0.05) is 25.5 Å². The lowest BCUT2D eigenvalue weighted by Gasteiger charge is -2.14. The molecule has 146 valence electrons. The van der Waals surface area contributed by atoms with E-state index in [4.69, 9.17) is 0 Å². The summed E-state index contributed by atoms with van der Waals surface area (Å²) in [5, 5.41) is 3.25. The summed E-state index contributed by atoms with van der Waals surface area (Å²) < 4.78 is 27.8. The molecule has 6 nitrogen and oxygen atoms in total. The molecule has 0 saturated heterocycles. The standard InChI is InChI=1S/C21H24N4O2S/c1-15-5-11-20(16(2)13-15)28(26,27)24-21-12-8-18(14-22-21)23-17-6-9-19(10-7-17)25(3)4/h5-14,23H,1-4H3,(H,22,24). The van der Waals surface area contributed by atoms with Crippen LogP contribution in [0.3, 0.4) is 0 Å². The third-order valence-corrected chi connectivity index (χ3v) is 5.81. The predicted octanol–water partition coefficient (Wildman–Crippen LogP) is 4.31. The number of aromatic nitrogens is 1. The van der Waals surface area contributed by atoms with Gasteiger partial charge in [0.25, 0.3) is 10.0 Å². The highest BCUT2D eigenvalue weighted by Crippen LogP contribution is 2.22. The quantitative estimate of drug-likeness (QED) is 0.649. The zero-order chi connectivity index (χ0) is 20.3. The van der Waals surface area contributed by atoms with Crippen molar-refractivity contribution < 1.29 is 8.42 Å². The van der Waals surface area contributed by atoms with Crippen LogP contribution in [-0.2, 0) is 10.0 Å². The molecule has 2 N–H and O–H groups in total. The zero-order valence-corrected chi connectivity index (χ0v) is 17.2. The Bertz CT molecular complexity index is 1060. The second-order valence-corrected chi connectivity index (χ2v) is 8.52. The van der Waals surface area contributed by atoms with Crippen LogP contribution in [0.4, 0.5) is 22.9 Å². The molecule has 1 aromatic heterocycles. The number of hydrogen-bond acceptors (Lipinski definition) is 5. The van der Waals surface area contributed by atoms with E-state index in [9.17, 15) is 8.42 Å². The number of nitrogens with one attached hydrogen (secondary N) is 2. The Kier molecular flexibility index (Phi) is 5.56. The minimum absolute atomic E-state index is 0.253. The third kappa shape index (κ3) is 4.61. The Labute approximate surface area is 166 Å². The molecule has 0 aliphatic carbocycles. The maximum Gasteiger partial charge on any atom is 0.263 e. The summed E-state index contributed by atoms with van der Waals surface area (Å²) in [5.74, 6) is 0.272. The van der Waals surface area contributed by atoms with Gasteiger partial charge in [0.05, 0.1) is 16.8 Å². The normalized spacial score (nSPS) is 11.1. The van der Waals surface area contributed by atoms with Crippen LogP contribution >= 0.6 is 0 Å². The first kappa shape index (κ1) is 19.7. The van der Waals surface area contributed by atoms with Crippen molar-refractivity contribution in [2.75, 3.05) is 29.0 Å². The second kappa shape index (κ2) is 7.90. The number of aryl methyl sites for hydroxylation is 2. The van der Waals surface area contributed by atoms with E-state index in [-0.39, 0.29) is 10.7 Å². The van der Waals surface area contributed by atoms with Crippen molar-refractivity contribution in [3.8, 4) is 0 Å². The van der Waals surface area contributed by atoms with Crippen LogP contribution in [0.2, 0.25) is 0 Å². The minimum Gasteiger partial charge on any atom is -0.378 e. The first-order chi connectivity index (χ1) is 13.2. The van der Waals surface area contributed by atoms with E-state index in [1.165, 1.54) is 0 Å². The van der Waals surface area contributed by atoms with Gasteiger partial charge >= 0.3 is 0 Å². The number of rotatable bonds is 6. The molecule has 0 bridgehead atoms. The van der Waals surface area contributed by atoms with Gasteiger partial charge in [-0.1, -0.05) is 17.7 Å². The minimum atomic E-state index is -3.68. The molecule has 0 aliphatic rings. The summed E-state index contributed by atoms with van der Waals surface area (Å²) in [6.45, 7) is 3.71. The van der Waals surface area contributed by atoms with E-state index in [1.54, 1.807) is 37.4 Å². The molecule has 0 amide bonds. The number of benzene rings is 2. The molecule has 0 radical (unpaired) electrons. The summed E-state index contributed by atoms with van der Waals surface area (Å²) in [5.41, 5.74) is 4.53. The van der Waals surface area contributed by atoms with Crippen LogP contribution in [0.15, 0.2) is 65.7 Å². The smallest absolute Gasteiger partial charge is 0.263 e. The Balaban J connectivity index is 1.71. The van der Waals surface area contributed by atoms with E-state index in [0.29, 0.717) is 5.56 Å². The Morgan fingerprint density at radius 1 is 0.893 bits per heavy atom. The van der Waals surface area contributed by atoms with E-state index >= 15 is 0 Å². The topological polar surface area (TPSA) is 74.3 Å². The maximum atomic E-state index is 12.6. The van der Waals surface area contributed by atoms with Crippen LogP contribution in [0.25, 0.3) is 0 Å². The lowest BCUT2D eigenvalue weighted by atomic mass is 10.2. The average Bonchev–Trinajstić information content (AvgIpc) is 2.63. The van der Waals surface area contributed by atoms with Crippen LogP contribution in [-0.4, -0.2) is 27.5 Å². The SMILES string of the molecule is Cc1ccc(S(=O)(=O)Nc2ccc(Nc3ccc(N(C)C)cc3)cn2)c(C)c1. The monoisotopic (exact) mass is 396 g/mol. The lowest BCUT2D eigenvalue weighted by Crippen LogP contribution is -2.15. The zero-order valence-electron chi connectivity index (χ0n) is 16.4. The first-order valence-corrected chi connectivity index (χ1v) is 10.3. The van der Waals surface area contributed by atoms with Gasteiger partial charge in [-0.3, -0.25) is 4.72 Å².